The molecule has 0 unspecified atom stereocenters. The minimum Gasteiger partial charge on any atom is -0.337 e. The smallest absolute Gasteiger partial charge is 0.326 e. The molecular formula is C20H24N2OS. The second kappa shape index (κ2) is 7.75. The lowest BCUT2D eigenvalue weighted by Crippen LogP contribution is -2.38. The summed E-state index contributed by atoms with van der Waals surface area (Å²) >= 11 is 1.74. The van der Waals surface area contributed by atoms with Crippen LogP contribution in [-0.2, 0) is 6.42 Å². The van der Waals surface area contributed by atoms with Gasteiger partial charge in [0.15, 0.2) is 0 Å². The number of para-hydroxylation sites is 1. The first-order valence-electron chi connectivity index (χ1n) is 8.72. The molecule has 1 N–H and O–H groups in total. The van der Waals surface area contributed by atoms with Crippen molar-refractivity contribution in [3.8, 4) is 0 Å². The predicted octanol–water partition coefficient (Wildman–Crippen LogP) is 5.75. The number of nitrogens with zero attached hydrogens (tertiary/aromatic N) is 1. The van der Waals surface area contributed by atoms with E-state index in [4.69, 9.17) is 0 Å². The Labute approximate surface area is 148 Å². The first-order chi connectivity index (χ1) is 11.7. The van der Waals surface area contributed by atoms with Gasteiger partial charge < -0.3 is 5.32 Å². The largest absolute Gasteiger partial charge is 0.337 e. The van der Waals surface area contributed by atoms with Crippen molar-refractivity contribution in [3.63, 3.8) is 0 Å². The number of hydrogen-bond acceptors (Lipinski definition) is 2. The predicted molar refractivity (Wildman–Crippen MR) is 101 cm³/mol. The molecule has 0 radical (unpaired) electrons. The van der Waals surface area contributed by atoms with Gasteiger partial charge in [-0.15, -0.1) is 0 Å². The minimum absolute atomic E-state index is 0.0360. The standard InChI is InChI=1S/C20H24N2OS/c1-3-5-13-21-20(23)22-16-9-6-7-10-18(16)24-19-12-11-15(8-4-2)14-17(19)22/h6-7,9-12,14H,3-5,8,13H2,1-2H3,(H,21,23). The highest BCUT2D eigenvalue weighted by Crippen LogP contribution is 2.48. The van der Waals surface area contributed by atoms with Crippen LogP contribution in [-0.4, -0.2) is 12.6 Å². The monoisotopic (exact) mass is 340 g/mol. The highest BCUT2D eigenvalue weighted by Gasteiger charge is 2.28. The maximum absolute atomic E-state index is 12.9. The molecule has 2 amide bonds. The van der Waals surface area contributed by atoms with Gasteiger partial charge in [-0.2, -0.15) is 0 Å². The third-order valence-corrected chi connectivity index (χ3v) is 5.27. The Morgan fingerprint density at radius 1 is 1.04 bits per heavy atom. The van der Waals surface area contributed by atoms with Crippen LogP contribution < -0.4 is 10.2 Å². The van der Waals surface area contributed by atoms with E-state index in [1.807, 2.05) is 23.1 Å². The van der Waals surface area contributed by atoms with Gasteiger partial charge in [-0.1, -0.05) is 56.7 Å². The normalized spacial score (nSPS) is 12.5. The Balaban J connectivity index is 1.99. The van der Waals surface area contributed by atoms with Crippen LogP contribution in [0.3, 0.4) is 0 Å². The van der Waals surface area contributed by atoms with Crippen LogP contribution in [0.1, 0.15) is 38.7 Å². The number of amides is 2. The molecule has 0 bridgehead atoms. The Bertz CT molecular complexity index is 729. The van der Waals surface area contributed by atoms with Crippen LogP contribution in [0.5, 0.6) is 0 Å². The van der Waals surface area contributed by atoms with Crippen molar-refractivity contribution in [1.29, 1.82) is 0 Å². The van der Waals surface area contributed by atoms with Crippen LogP contribution in [0.2, 0.25) is 0 Å². The molecule has 0 saturated heterocycles. The number of rotatable bonds is 5. The summed E-state index contributed by atoms with van der Waals surface area (Å²) < 4.78 is 0. The Kier molecular flexibility index (Phi) is 5.46. The van der Waals surface area contributed by atoms with Gasteiger partial charge in [0.2, 0.25) is 0 Å². The molecule has 0 spiro atoms. The van der Waals surface area contributed by atoms with E-state index in [0.717, 1.165) is 46.8 Å². The maximum Gasteiger partial charge on any atom is 0.326 e. The van der Waals surface area contributed by atoms with Gasteiger partial charge in [0.1, 0.15) is 0 Å². The van der Waals surface area contributed by atoms with Crippen molar-refractivity contribution < 1.29 is 4.79 Å². The number of fused-ring (bicyclic) bond motifs is 2. The van der Waals surface area contributed by atoms with Crippen LogP contribution >= 0.6 is 11.8 Å². The second-order valence-electron chi connectivity index (χ2n) is 6.04. The molecule has 0 aromatic heterocycles. The first-order valence-corrected chi connectivity index (χ1v) is 9.54. The van der Waals surface area contributed by atoms with Crippen LogP contribution in [0.4, 0.5) is 16.2 Å². The summed E-state index contributed by atoms with van der Waals surface area (Å²) in [5.74, 6) is 0. The van der Waals surface area contributed by atoms with Gasteiger partial charge in [-0.25, -0.2) is 4.79 Å². The number of anilines is 2. The number of aryl methyl sites for hydroxylation is 1. The number of hydrogen-bond donors (Lipinski definition) is 1. The van der Waals surface area contributed by atoms with Crippen molar-refractivity contribution in [2.24, 2.45) is 0 Å². The average Bonchev–Trinajstić information content (AvgIpc) is 2.60. The van der Waals surface area contributed by atoms with E-state index in [0.29, 0.717) is 6.54 Å². The molecule has 3 rings (SSSR count). The van der Waals surface area contributed by atoms with Crippen LogP contribution in [0.25, 0.3) is 0 Å². The fourth-order valence-electron chi connectivity index (χ4n) is 2.91. The highest BCUT2D eigenvalue weighted by atomic mass is 32.2. The summed E-state index contributed by atoms with van der Waals surface area (Å²) in [6, 6.07) is 14.6. The van der Waals surface area contributed by atoms with Crippen molar-refractivity contribution in [3.05, 3.63) is 48.0 Å². The van der Waals surface area contributed by atoms with Gasteiger partial charge >= 0.3 is 6.03 Å². The van der Waals surface area contributed by atoms with E-state index in [9.17, 15) is 4.79 Å². The molecule has 1 aliphatic rings. The Hall–Kier alpha value is -1.94. The summed E-state index contributed by atoms with van der Waals surface area (Å²) in [4.78, 5) is 17.0. The second-order valence-corrected chi connectivity index (χ2v) is 7.13. The topological polar surface area (TPSA) is 32.3 Å². The molecule has 0 saturated carbocycles. The van der Waals surface area contributed by atoms with Gasteiger partial charge in [0, 0.05) is 16.3 Å². The van der Waals surface area contributed by atoms with Crippen molar-refractivity contribution in [2.75, 3.05) is 11.4 Å². The average molecular weight is 340 g/mol. The molecule has 3 nitrogen and oxygen atoms in total. The molecule has 2 aromatic carbocycles. The number of urea groups is 1. The van der Waals surface area contributed by atoms with E-state index in [-0.39, 0.29) is 6.03 Å². The number of carbonyl (C=O) groups is 1. The number of benzene rings is 2. The lowest BCUT2D eigenvalue weighted by molar-refractivity contribution is 0.248. The van der Waals surface area contributed by atoms with Gasteiger partial charge in [0.25, 0.3) is 0 Å². The van der Waals surface area contributed by atoms with Gasteiger partial charge in [-0.3, -0.25) is 4.90 Å². The summed E-state index contributed by atoms with van der Waals surface area (Å²) in [5.41, 5.74) is 3.25. The van der Waals surface area contributed by atoms with Crippen molar-refractivity contribution in [2.45, 2.75) is 49.3 Å². The fourth-order valence-corrected chi connectivity index (χ4v) is 3.95. The quantitative estimate of drug-likeness (QED) is 0.703. The third kappa shape index (κ3) is 3.44. The molecular weight excluding hydrogens is 316 g/mol. The zero-order valence-electron chi connectivity index (χ0n) is 14.3. The third-order valence-electron chi connectivity index (χ3n) is 4.14. The SMILES string of the molecule is CCCCNC(=O)N1c2ccccc2Sc2ccc(CCC)cc21. The molecule has 0 atom stereocenters. The Morgan fingerprint density at radius 3 is 2.62 bits per heavy atom. The van der Waals surface area contributed by atoms with E-state index in [1.54, 1.807) is 11.8 Å². The summed E-state index contributed by atoms with van der Waals surface area (Å²) in [6.07, 6.45) is 4.21. The number of nitrogens with one attached hydrogen (secondary N) is 1. The zero-order chi connectivity index (χ0) is 16.9. The molecule has 2 aromatic rings. The van der Waals surface area contributed by atoms with E-state index >= 15 is 0 Å². The molecule has 1 heterocycles. The van der Waals surface area contributed by atoms with Crippen LogP contribution in [0.15, 0.2) is 52.3 Å². The summed E-state index contributed by atoms with van der Waals surface area (Å²) in [7, 11) is 0. The lowest BCUT2D eigenvalue weighted by Gasteiger charge is -2.31. The number of unbranched alkanes of at least 4 members (excludes halogenated alkanes) is 1. The minimum atomic E-state index is -0.0360. The molecule has 1 aliphatic heterocycles. The molecule has 126 valence electrons. The summed E-state index contributed by atoms with van der Waals surface area (Å²) in [5, 5.41) is 3.06. The van der Waals surface area contributed by atoms with Gasteiger partial charge in [0.05, 0.1) is 11.4 Å². The van der Waals surface area contributed by atoms with E-state index in [2.05, 4.69) is 43.4 Å². The van der Waals surface area contributed by atoms with E-state index < -0.39 is 0 Å². The maximum atomic E-state index is 12.9. The van der Waals surface area contributed by atoms with Gasteiger partial charge in [-0.05, 0) is 42.7 Å². The first kappa shape index (κ1) is 16.9. The fraction of sp³-hybridized carbons (Fsp3) is 0.350. The summed E-state index contributed by atoms with van der Waals surface area (Å²) in [6.45, 7) is 5.02. The van der Waals surface area contributed by atoms with Crippen LogP contribution in [0, 0.1) is 0 Å². The molecule has 4 heteroatoms. The van der Waals surface area contributed by atoms with Crippen molar-refractivity contribution in [1.82, 2.24) is 5.32 Å². The zero-order valence-corrected chi connectivity index (χ0v) is 15.2. The lowest BCUT2D eigenvalue weighted by atomic mass is 10.1. The Morgan fingerprint density at radius 2 is 1.83 bits per heavy atom. The van der Waals surface area contributed by atoms with E-state index in [1.165, 1.54) is 5.56 Å². The number of carbonyl (C=O) groups excluding carboxylic acids is 1. The molecule has 0 aliphatic carbocycles. The molecule has 0 fully saturated rings. The molecule has 24 heavy (non-hydrogen) atoms. The van der Waals surface area contributed by atoms with Crippen molar-refractivity contribution >= 4 is 29.2 Å². The highest BCUT2D eigenvalue weighted by molar-refractivity contribution is 7.99.